The fraction of sp³-hybridized carbons (Fsp3) is 0.200. The summed E-state index contributed by atoms with van der Waals surface area (Å²) in [5.74, 6) is -0.235. The molecule has 0 bridgehead atoms. The molecule has 1 aromatic heterocycles. The highest BCUT2D eigenvalue weighted by atomic mass is 32.1. The van der Waals surface area contributed by atoms with Gasteiger partial charge in [-0.3, -0.25) is 9.59 Å². The van der Waals surface area contributed by atoms with Crippen molar-refractivity contribution in [1.82, 2.24) is 4.57 Å². The lowest BCUT2D eigenvalue weighted by molar-refractivity contribution is 0.0934. The molecule has 9 heavy (non-hydrogen) atoms. The van der Waals surface area contributed by atoms with Crippen molar-refractivity contribution < 1.29 is 4.79 Å². The lowest BCUT2D eigenvalue weighted by atomic mass is 10.7. The fourth-order valence-electron chi connectivity index (χ4n) is 0.501. The topological polar surface area (TPSA) is 39.1 Å². The van der Waals surface area contributed by atoms with Crippen molar-refractivity contribution in [3.63, 3.8) is 0 Å². The van der Waals surface area contributed by atoms with Crippen molar-refractivity contribution in [2.24, 2.45) is 0 Å². The van der Waals surface area contributed by atoms with E-state index in [-0.39, 0.29) is 10.8 Å². The Morgan fingerprint density at radius 2 is 2.44 bits per heavy atom. The second kappa shape index (κ2) is 2.14. The van der Waals surface area contributed by atoms with Crippen LogP contribution in [-0.4, -0.2) is 10.5 Å². The molecular weight excluding hydrogens is 138 g/mol. The van der Waals surface area contributed by atoms with Gasteiger partial charge >= 0.3 is 4.87 Å². The molecule has 0 atom stereocenters. The van der Waals surface area contributed by atoms with E-state index in [1.807, 2.05) is 0 Å². The Bertz CT molecular complexity index is 272. The number of rotatable bonds is 0. The van der Waals surface area contributed by atoms with Crippen molar-refractivity contribution in [1.29, 1.82) is 0 Å². The molecule has 1 aromatic rings. The zero-order chi connectivity index (χ0) is 6.85. The van der Waals surface area contributed by atoms with E-state index in [1.54, 1.807) is 5.38 Å². The second-order valence-electron chi connectivity index (χ2n) is 1.56. The van der Waals surface area contributed by atoms with Crippen LogP contribution in [0.4, 0.5) is 0 Å². The third kappa shape index (κ3) is 1.08. The van der Waals surface area contributed by atoms with Gasteiger partial charge in [-0.2, -0.15) is 0 Å². The van der Waals surface area contributed by atoms with Crippen molar-refractivity contribution in [2.45, 2.75) is 6.92 Å². The molecule has 0 fully saturated rings. The molecule has 0 amide bonds. The van der Waals surface area contributed by atoms with Gasteiger partial charge in [0.15, 0.2) is 0 Å². The number of thiazole rings is 1. The molecule has 0 aliphatic heterocycles. The monoisotopic (exact) mass is 143 g/mol. The Balaban J connectivity index is 3.24. The van der Waals surface area contributed by atoms with E-state index in [2.05, 4.69) is 0 Å². The molecule has 4 heteroatoms. The minimum absolute atomic E-state index is 0.220. The van der Waals surface area contributed by atoms with Crippen LogP contribution in [-0.2, 0) is 0 Å². The summed E-state index contributed by atoms with van der Waals surface area (Å²) in [6.07, 6.45) is 1.47. The first-order valence-corrected chi connectivity index (χ1v) is 3.27. The third-order valence-corrected chi connectivity index (χ3v) is 1.57. The number of carbonyl (C=O) groups is 1. The first-order chi connectivity index (χ1) is 4.22. The van der Waals surface area contributed by atoms with Gasteiger partial charge in [0, 0.05) is 18.5 Å². The Morgan fingerprint density at radius 3 is 2.67 bits per heavy atom. The Kier molecular flexibility index (Phi) is 1.48. The molecule has 0 spiro atoms. The predicted molar refractivity (Wildman–Crippen MR) is 34.9 cm³/mol. The second-order valence-corrected chi connectivity index (χ2v) is 2.42. The van der Waals surface area contributed by atoms with Crippen LogP contribution in [0.2, 0.25) is 0 Å². The highest BCUT2D eigenvalue weighted by Crippen LogP contribution is 1.87. The van der Waals surface area contributed by atoms with E-state index in [4.69, 9.17) is 0 Å². The van der Waals surface area contributed by atoms with Crippen LogP contribution >= 0.6 is 11.3 Å². The first-order valence-electron chi connectivity index (χ1n) is 2.39. The maximum atomic E-state index is 10.6. The molecule has 1 heterocycles. The molecule has 1 rings (SSSR count). The Labute approximate surface area is 55.6 Å². The SMILES string of the molecule is CC(=O)n1ccsc1=O. The smallest absolute Gasteiger partial charge is 0.274 e. The van der Waals surface area contributed by atoms with E-state index < -0.39 is 0 Å². The summed E-state index contributed by atoms with van der Waals surface area (Å²) in [6.45, 7) is 1.36. The number of hydrogen-bond donors (Lipinski definition) is 0. The molecule has 0 N–H and O–H groups in total. The summed E-state index contributed by atoms with van der Waals surface area (Å²) in [6, 6.07) is 0. The average molecular weight is 143 g/mol. The van der Waals surface area contributed by atoms with Gasteiger partial charge in [-0.25, -0.2) is 4.57 Å². The lowest BCUT2D eigenvalue weighted by Crippen LogP contribution is -2.17. The lowest BCUT2D eigenvalue weighted by Gasteiger charge is -1.86. The summed E-state index contributed by atoms with van der Waals surface area (Å²) in [5.41, 5.74) is 0. The van der Waals surface area contributed by atoms with E-state index >= 15 is 0 Å². The number of aromatic nitrogens is 1. The van der Waals surface area contributed by atoms with Gasteiger partial charge in [-0.1, -0.05) is 11.3 Å². The number of hydrogen-bond acceptors (Lipinski definition) is 3. The average Bonchev–Trinajstić information content (AvgIpc) is 2.13. The van der Waals surface area contributed by atoms with Crippen molar-refractivity contribution in [3.8, 4) is 0 Å². The molecule has 0 aliphatic rings. The molecule has 0 saturated carbocycles. The molecule has 0 saturated heterocycles. The molecule has 3 nitrogen and oxygen atoms in total. The van der Waals surface area contributed by atoms with Crippen LogP contribution in [0.15, 0.2) is 16.4 Å². The number of carbonyl (C=O) groups excluding carboxylic acids is 1. The van der Waals surface area contributed by atoms with Gasteiger partial charge in [-0.15, -0.1) is 0 Å². The zero-order valence-electron chi connectivity index (χ0n) is 4.83. The molecule has 0 aromatic carbocycles. The van der Waals surface area contributed by atoms with E-state index in [0.29, 0.717) is 0 Å². The van der Waals surface area contributed by atoms with Gasteiger partial charge < -0.3 is 0 Å². The van der Waals surface area contributed by atoms with Gasteiger partial charge in [-0.05, 0) is 0 Å². The maximum Gasteiger partial charge on any atom is 0.313 e. The van der Waals surface area contributed by atoms with Crippen LogP contribution in [0.1, 0.15) is 11.7 Å². The minimum atomic E-state index is -0.235. The highest BCUT2D eigenvalue weighted by Gasteiger charge is 1.98. The first kappa shape index (κ1) is 6.22. The summed E-state index contributed by atoms with van der Waals surface area (Å²) in [7, 11) is 0. The normalized spacial score (nSPS) is 9.44. The van der Waals surface area contributed by atoms with Crippen molar-refractivity contribution >= 4 is 17.2 Å². The Hall–Kier alpha value is -0.900. The number of nitrogens with zero attached hydrogens (tertiary/aromatic N) is 1. The van der Waals surface area contributed by atoms with Crippen LogP contribution in [0.25, 0.3) is 0 Å². The van der Waals surface area contributed by atoms with Gasteiger partial charge in [0.25, 0.3) is 0 Å². The van der Waals surface area contributed by atoms with Crippen molar-refractivity contribution in [3.05, 3.63) is 21.2 Å². The van der Waals surface area contributed by atoms with E-state index in [9.17, 15) is 9.59 Å². The summed E-state index contributed by atoms with van der Waals surface area (Å²) in [4.78, 5) is 20.9. The van der Waals surface area contributed by atoms with E-state index in [0.717, 1.165) is 15.9 Å². The van der Waals surface area contributed by atoms with Crippen LogP contribution in [0.3, 0.4) is 0 Å². The van der Waals surface area contributed by atoms with Crippen LogP contribution in [0.5, 0.6) is 0 Å². The fourth-order valence-corrected chi connectivity index (χ4v) is 1.10. The molecule has 0 aliphatic carbocycles. The molecule has 0 radical (unpaired) electrons. The van der Waals surface area contributed by atoms with E-state index in [1.165, 1.54) is 13.1 Å². The molecule has 48 valence electrons. The van der Waals surface area contributed by atoms with Gasteiger partial charge in [0.05, 0.1) is 0 Å². The summed E-state index contributed by atoms with van der Waals surface area (Å²) >= 11 is 1.02. The van der Waals surface area contributed by atoms with Gasteiger partial charge in [0.1, 0.15) is 0 Å². The molecule has 0 unspecified atom stereocenters. The molecular formula is C5H5NO2S. The van der Waals surface area contributed by atoms with Gasteiger partial charge in [0.2, 0.25) is 5.91 Å². The summed E-state index contributed by atoms with van der Waals surface area (Å²) < 4.78 is 1.07. The van der Waals surface area contributed by atoms with Crippen LogP contribution < -0.4 is 4.87 Å². The highest BCUT2D eigenvalue weighted by molar-refractivity contribution is 7.07. The van der Waals surface area contributed by atoms with Crippen molar-refractivity contribution in [2.75, 3.05) is 0 Å². The van der Waals surface area contributed by atoms with Crippen LogP contribution in [0, 0.1) is 0 Å². The third-order valence-electron chi connectivity index (χ3n) is 0.915. The standard InChI is InChI=1S/C5H5NO2S/c1-4(7)6-2-3-9-5(6)8/h2-3H,1H3. The predicted octanol–water partition coefficient (Wildman–Crippen LogP) is 0.570. The Morgan fingerprint density at radius 1 is 1.78 bits per heavy atom. The minimum Gasteiger partial charge on any atom is -0.274 e. The quantitative estimate of drug-likeness (QED) is 0.532. The zero-order valence-corrected chi connectivity index (χ0v) is 5.64. The largest absolute Gasteiger partial charge is 0.313 e. The maximum absolute atomic E-state index is 10.6. The summed E-state index contributed by atoms with van der Waals surface area (Å²) in [5, 5.41) is 1.59.